The lowest BCUT2D eigenvalue weighted by molar-refractivity contribution is -0.137. The third-order valence-electron chi connectivity index (χ3n) is 2.96. The lowest BCUT2D eigenvalue weighted by Crippen LogP contribution is -2.34. The Balaban J connectivity index is 3.06. The molecule has 0 radical (unpaired) electrons. The molecule has 118 valence electrons. The molecule has 3 N–H and O–H groups in total. The molecule has 0 unspecified atom stereocenters. The molecule has 1 aromatic rings. The SMILES string of the molecule is CN(C)CCN(C)C(=O)c1cc(C(F)(F)F)ccc1NN. The summed E-state index contributed by atoms with van der Waals surface area (Å²) in [5.41, 5.74) is 1.42. The molecule has 0 saturated heterocycles. The van der Waals surface area contributed by atoms with E-state index in [2.05, 4.69) is 5.43 Å². The van der Waals surface area contributed by atoms with E-state index in [1.54, 1.807) is 0 Å². The van der Waals surface area contributed by atoms with E-state index in [-0.39, 0.29) is 11.3 Å². The van der Waals surface area contributed by atoms with Gasteiger partial charge in [-0.05, 0) is 32.3 Å². The van der Waals surface area contributed by atoms with Crippen molar-refractivity contribution in [1.82, 2.24) is 9.80 Å². The van der Waals surface area contributed by atoms with Crippen molar-refractivity contribution in [3.05, 3.63) is 29.3 Å². The molecule has 5 nitrogen and oxygen atoms in total. The van der Waals surface area contributed by atoms with Gasteiger partial charge in [0, 0.05) is 20.1 Å². The highest BCUT2D eigenvalue weighted by atomic mass is 19.4. The van der Waals surface area contributed by atoms with Crippen molar-refractivity contribution >= 4 is 11.6 Å². The maximum Gasteiger partial charge on any atom is 0.416 e. The standard InChI is InChI=1S/C13H19F3N4O/c1-19(2)6-7-20(3)12(21)10-8-9(13(14,15)16)4-5-11(10)18-17/h4-5,8,18H,6-7,17H2,1-3H3. The van der Waals surface area contributed by atoms with Crippen molar-refractivity contribution in [2.45, 2.75) is 6.18 Å². The molecular weight excluding hydrogens is 285 g/mol. The number of nitrogens with zero attached hydrogens (tertiary/aromatic N) is 2. The number of hydrogen-bond acceptors (Lipinski definition) is 4. The first-order chi connectivity index (χ1) is 9.66. The molecule has 0 aliphatic heterocycles. The van der Waals surface area contributed by atoms with Crippen molar-refractivity contribution in [3.8, 4) is 0 Å². The summed E-state index contributed by atoms with van der Waals surface area (Å²) in [5.74, 6) is 4.74. The van der Waals surface area contributed by atoms with Gasteiger partial charge < -0.3 is 15.2 Å². The maximum atomic E-state index is 12.7. The molecule has 21 heavy (non-hydrogen) atoms. The summed E-state index contributed by atoms with van der Waals surface area (Å²) >= 11 is 0. The average Bonchev–Trinajstić information content (AvgIpc) is 2.42. The zero-order valence-electron chi connectivity index (χ0n) is 12.2. The number of likely N-dealkylation sites (N-methyl/N-ethyl adjacent to an activating group) is 2. The molecule has 0 aliphatic carbocycles. The van der Waals surface area contributed by atoms with Crippen LogP contribution in [0.15, 0.2) is 18.2 Å². The number of anilines is 1. The fraction of sp³-hybridized carbons (Fsp3) is 0.462. The lowest BCUT2D eigenvalue weighted by atomic mass is 10.1. The van der Waals surface area contributed by atoms with Crippen molar-refractivity contribution in [2.75, 3.05) is 39.7 Å². The van der Waals surface area contributed by atoms with Gasteiger partial charge in [-0.15, -0.1) is 0 Å². The smallest absolute Gasteiger partial charge is 0.340 e. The van der Waals surface area contributed by atoms with Gasteiger partial charge in [0.2, 0.25) is 0 Å². The summed E-state index contributed by atoms with van der Waals surface area (Å²) in [4.78, 5) is 15.5. The monoisotopic (exact) mass is 304 g/mol. The molecule has 8 heteroatoms. The molecule has 1 rings (SSSR count). The highest BCUT2D eigenvalue weighted by Gasteiger charge is 2.32. The highest BCUT2D eigenvalue weighted by molar-refractivity contribution is 5.99. The van der Waals surface area contributed by atoms with Crippen LogP contribution in [-0.4, -0.2) is 49.9 Å². The number of benzene rings is 1. The van der Waals surface area contributed by atoms with Crippen LogP contribution < -0.4 is 11.3 Å². The van der Waals surface area contributed by atoms with Gasteiger partial charge in [0.15, 0.2) is 0 Å². The third kappa shape index (κ3) is 4.61. The van der Waals surface area contributed by atoms with E-state index in [9.17, 15) is 18.0 Å². The number of alkyl halides is 3. The van der Waals surface area contributed by atoms with E-state index in [0.29, 0.717) is 13.1 Å². The topological polar surface area (TPSA) is 61.6 Å². The number of nitrogen functional groups attached to an aromatic ring is 1. The van der Waals surface area contributed by atoms with Gasteiger partial charge in [0.25, 0.3) is 5.91 Å². The number of hydrazine groups is 1. The van der Waals surface area contributed by atoms with Crippen molar-refractivity contribution in [2.24, 2.45) is 5.84 Å². The van der Waals surface area contributed by atoms with Crippen molar-refractivity contribution < 1.29 is 18.0 Å². The number of rotatable bonds is 5. The number of halogens is 3. The summed E-state index contributed by atoms with van der Waals surface area (Å²) in [6.07, 6.45) is -4.51. The number of carbonyl (C=O) groups is 1. The predicted octanol–water partition coefficient (Wildman–Crippen LogP) is 1.62. The van der Waals surface area contributed by atoms with Gasteiger partial charge in [0.05, 0.1) is 16.8 Å². The van der Waals surface area contributed by atoms with Gasteiger partial charge in [-0.3, -0.25) is 10.6 Å². The highest BCUT2D eigenvalue weighted by Crippen LogP contribution is 2.32. The second-order valence-corrected chi connectivity index (χ2v) is 4.93. The number of carbonyl (C=O) groups excluding carboxylic acids is 1. The van der Waals surface area contributed by atoms with Crippen LogP contribution >= 0.6 is 0 Å². The van der Waals surface area contributed by atoms with Crippen LogP contribution in [0.3, 0.4) is 0 Å². The minimum Gasteiger partial charge on any atom is -0.340 e. The number of nitrogens with one attached hydrogen (secondary N) is 1. The minimum absolute atomic E-state index is 0.103. The Labute approximate surface area is 121 Å². The Hall–Kier alpha value is -1.80. The van der Waals surface area contributed by atoms with E-state index in [1.165, 1.54) is 11.9 Å². The third-order valence-corrected chi connectivity index (χ3v) is 2.96. The van der Waals surface area contributed by atoms with E-state index >= 15 is 0 Å². The average molecular weight is 304 g/mol. The van der Waals surface area contributed by atoms with Crippen LogP contribution in [0, 0.1) is 0 Å². The van der Waals surface area contributed by atoms with Gasteiger partial charge in [-0.25, -0.2) is 0 Å². The molecule has 0 aliphatic rings. The van der Waals surface area contributed by atoms with E-state index < -0.39 is 17.6 Å². The Morgan fingerprint density at radius 1 is 1.24 bits per heavy atom. The van der Waals surface area contributed by atoms with Crippen LogP contribution in [0.25, 0.3) is 0 Å². The molecule has 0 heterocycles. The summed E-state index contributed by atoms with van der Waals surface area (Å²) in [7, 11) is 5.22. The summed E-state index contributed by atoms with van der Waals surface area (Å²) in [6, 6.07) is 2.84. The molecule has 0 bridgehead atoms. The molecule has 0 saturated carbocycles. The predicted molar refractivity (Wildman–Crippen MR) is 74.8 cm³/mol. The molecule has 1 amide bonds. The number of hydrogen-bond donors (Lipinski definition) is 2. The summed E-state index contributed by atoms with van der Waals surface area (Å²) in [5, 5.41) is 0. The van der Waals surface area contributed by atoms with Crippen LogP contribution in [0.5, 0.6) is 0 Å². The van der Waals surface area contributed by atoms with Crippen LogP contribution in [0.4, 0.5) is 18.9 Å². The van der Waals surface area contributed by atoms with E-state index in [4.69, 9.17) is 5.84 Å². The number of amides is 1. The van der Waals surface area contributed by atoms with Gasteiger partial charge in [-0.2, -0.15) is 13.2 Å². The maximum absolute atomic E-state index is 12.7. The van der Waals surface area contributed by atoms with Gasteiger partial charge >= 0.3 is 6.18 Å². The van der Waals surface area contributed by atoms with Crippen LogP contribution in [-0.2, 0) is 6.18 Å². The molecular formula is C13H19F3N4O. The van der Waals surface area contributed by atoms with Gasteiger partial charge in [-0.1, -0.05) is 0 Å². The first kappa shape index (κ1) is 17.3. The molecule has 0 fully saturated rings. The Morgan fingerprint density at radius 3 is 2.33 bits per heavy atom. The zero-order chi connectivity index (χ0) is 16.2. The van der Waals surface area contributed by atoms with Gasteiger partial charge in [0.1, 0.15) is 0 Å². The fourth-order valence-corrected chi connectivity index (χ4v) is 1.68. The normalized spacial score (nSPS) is 11.6. The molecule has 0 aromatic heterocycles. The molecule has 0 atom stereocenters. The fourth-order valence-electron chi connectivity index (χ4n) is 1.68. The Bertz CT molecular complexity index is 503. The van der Waals surface area contributed by atoms with E-state index in [1.807, 2.05) is 19.0 Å². The molecule has 1 aromatic carbocycles. The van der Waals surface area contributed by atoms with Crippen molar-refractivity contribution in [1.29, 1.82) is 0 Å². The summed E-state index contributed by atoms with van der Waals surface area (Å²) < 4.78 is 38.2. The van der Waals surface area contributed by atoms with E-state index in [0.717, 1.165) is 18.2 Å². The zero-order valence-corrected chi connectivity index (χ0v) is 12.2. The number of nitrogens with two attached hydrogens (primary N) is 1. The Morgan fingerprint density at radius 2 is 1.86 bits per heavy atom. The van der Waals surface area contributed by atoms with Crippen molar-refractivity contribution in [3.63, 3.8) is 0 Å². The second-order valence-electron chi connectivity index (χ2n) is 4.93. The van der Waals surface area contributed by atoms with Crippen LogP contribution in [0.2, 0.25) is 0 Å². The largest absolute Gasteiger partial charge is 0.416 e. The molecule has 0 spiro atoms. The Kier molecular flexibility index (Phi) is 5.56. The lowest BCUT2D eigenvalue weighted by Gasteiger charge is -2.21. The quantitative estimate of drug-likeness (QED) is 0.641. The first-order valence-corrected chi connectivity index (χ1v) is 6.25. The minimum atomic E-state index is -4.51. The first-order valence-electron chi connectivity index (χ1n) is 6.25. The summed E-state index contributed by atoms with van der Waals surface area (Å²) in [6.45, 7) is 0.999. The second kappa shape index (κ2) is 6.77. The van der Waals surface area contributed by atoms with Crippen LogP contribution in [0.1, 0.15) is 15.9 Å².